The molecule has 3 aromatic heterocycles. The third-order valence-corrected chi connectivity index (χ3v) is 6.15. The molecule has 0 bridgehead atoms. The van der Waals surface area contributed by atoms with Crippen molar-refractivity contribution < 1.29 is 26.7 Å². The summed E-state index contributed by atoms with van der Waals surface area (Å²) in [5.74, 6) is 0. The van der Waals surface area contributed by atoms with Gasteiger partial charge in [-0.2, -0.15) is 0 Å². The van der Waals surface area contributed by atoms with E-state index >= 15 is 0 Å². The first-order valence-electron chi connectivity index (χ1n) is 11.2. The fourth-order valence-electron chi connectivity index (χ4n) is 4.11. The third-order valence-electron chi connectivity index (χ3n) is 6.15. The average Bonchev–Trinajstić information content (AvgIpc) is 2.92. The molecule has 1 N–H and O–H groups in total. The number of aliphatic hydroxyl groups excluding tert-OH is 1. The summed E-state index contributed by atoms with van der Waals surface area (Å²) in [6, 6.07) is 17.7. The van der Waals surface area contributed by atoms with E-state index in [2.05, 4.69) is 43.9 Å². The molecule has 0 spiro atoms. The standard InChI is InChI=1S/C25H32N6O.Fe/c1-31(25(32)24-10-4-7-13-28-24)18-16-29(20-22-8-2-5-11-26-22)14-15-30(17-19-31)21-23-9-3-6-12-27-23;/h2-13,25,32H,1,14-21H2;/q;+2. The average molecular weight is 488 g/mol. The van der Waals surface area contributed by atoms with E-state index in [9.17, 15) is 5.11 Å². The van der Waals surface area contributed by atoms with E-state index in [1.54, 1.807) is 6.20 Å². The molecule has 4 rings (SSSR count). The summed E-state index contributed by atoms with van der Waals surface area (Å²) in [6.07, 6.45) is 4.63. The SMILES string of the molecule is [CH2-][N+]1(C(O)c2ccccn2)CCN(Cc2ccccn2)CCN(Cc2ccccn2)CC1.[Fe+2]. The van der Waals surface area contributed by atoms with Gasteiger partial charge < -0.3 is 9.59 Å². The van der Waals surface area contributed by atoms with Gasteiger partial charge in [-0.15, -0.1) is 7.05 Å². The van der Waals surface area contributed by atoms with E-state index in [0.717, 1.165) is 63.7 Å². The molecule has 174 valence electrons. The Labute approximate surface area is 207 Å². The quantitative estimate of drug-likeness (QED) is 0.327. The zero-order valence-corrected chi connectivity index (χ0v) is 20.0. The molecule has 8 heteroatoms. The Hall–Kier alpha value is -2.19. The maximum Gasteiger partial charge on any atom is 2.00 e. The van der Waals surface area contributed by atoms with Crippen LogP contribution in [-0.2, 0) is 30.2 Å². The number of nitrogens with zero attached hydrogens (tertiary/aromatic N) is 6. The first-order valence-corrected chi connectivity index (χ1v) is 11.2. The first kappa shape index (κ1) is 25.4. The number of rotatable bonds is 6. The van der Waals surface area contributed by atoms with E-state index < -0.39 is 6.23 Å². The number of aromatic nitrogens is 3. The Morgan fingerprint density at radius 2 is 1.24 bits per heavy atom. The summed E-state index contributed by atoms with van der Waals surface area (Å²) in [7, 11) is 4.49. The van der Waals surface area contributed by atoms with Crippen molar-refractivity contribution in [1.82, 2.24) is 24.8 Å². The number of hydrogen-bond acceptors (Lipinski definition) is 6. The fourth-order valence-corrected chi connectivity index (χ4v) is 4.11. The molecule has 0 radical (unpaired) electrons. The topological polar surface area (TPSA) is 65.4 Å². The van der Waals surface area contributed by atoms with Gasteiger partial charge in [0.25, 0.3) is 0 Å². The predicted molar refractivity (Wildman–Crippen MR) is 124 cm³/mol. The minimum Gasteiger partial charge on any atom is -0.424 e. The van der Waals surface area contributed by atoms with Crippen molar-refractivity contribution in [2.75, 3.05) is 39.3 Å². The van der Waals surface area contributed by atoms with Crippen molar-refractivity contribution in [2.24, 2.45) is 0 Å². The number of quaternary nitrogens is 1. The molecule has 0 aliphatic carbocycles. The third kappa shape index (κ3) is 7.14. The molecule has 3 aromatic rings. The summed E-state index contributed by atoms with van der Waals surface area (Å²) in [4.78, 5) is 18.2. The molecule has 0 amide bonds. The summed E-state index contributed by atoms with van der Waals surface area (Å²) >= 11 is 0. The van der Waals surface area contributed by atoms with E-state index in [1.807, 2.05) is 54.9 Å². The molecule has 0 saturated carbocycles. The molecule has 1 unspecified atom stereocenters. The van der Waals surface area contributed by atoms with Crippen LogP contribution in [0, 0.1) is 7.05 Å². The van der Waals surface area contributed by atoms with Crippen LogP contribution >= 0.6 is 0 Å². The van der Waals surface area contributed by atoms with Crippen LogP contribution in [0.4, 0.5) is 0 Å². The largest absolute Gasteiger partial charge is 2.00 e. The van der Waals surface area contributed by atoms with Crippen LogP contribution in [0.25, 0.3) is 0 Å². The summed E-state index contributed by atoms with van der Waals surface area (Å²) < 4.78 is 0.272. The number of aliphatic hydroxyl groups is 1. The van der Waals surface area contributed by atoms with Gasteiger partial charge in [-0.25, -0.2) is 0 Å². The molecule has 1 aliphatic rings. The maximum atomic E-state index is 11.3. The van der Waals surface area contributed by atoms with Gasteiger partial charge >= 0.3 is 17.1 Å². The second-order valence-electron chi connectivity index (χ2n) is 8.49. The normalized spacial score (nSPS) is 18.4. The molecule has 0 aromatic carbocycles. The second kappa shape index (κ2) is 12.3. The van der Waals surface area contributed by atoms with E-state index in [4.69, 9.17) is 0 Å². The van der Waals surface area contributed by atoms with Gasteiger partial charge in [0, 0.05) is 57.9 Å². The van der Waals surface area contributed by atoms with Crippen LogP contribution in [-0.4, -0.2) is 73.6 Å². The van der Waals surface area contributed by atoms with Crippen molar-refractivity contribution in [2.45, 2.75) is 19.3 Å². The maximum absolute atomic E-state index is 11.3. The Balaban J connectivity index is 0.00000306. The minimum absolute atomic E-state index is 0. The van der Waals surface area contributed by atoms with Crippen molar-refractivity contribution in [3.63, 3.8) is 0 Å². The molecule has 1 saturated heterocycles. The monoisotopic (exact) mass is 488 g/mol. The van der Waals surface area contributed by atoms with Gasteiger partial charge in [-0.05, 0) is 36.4 Å². The van der Waals surface area contributed by atoms with Gasteiger partial charge in [0.15, 0.2) is 0 Å². The van der Waals surface area contributed by atoms with Crippen molar-refractivity contribution in [1.29, 1.82) is 0 Å². The van der Waals surface area contributed by atoms with Crippen LogP contribution in [0.1, 0.15) is 23.3 Å². The number of hydrogen-bond donors (Lipinski definition) is 1. The second-order valence-corrected chi connectivity index (χ2v) is 8.49. The Morgan fingerprint density at radius 1 is 0.758 bits per heavy atom. The zero-order valence-electron chi connectivity index (χ0n) is 18.9. The molecule has 1 aliphatic heterocycles. The van der Waals surface area contributed by atoms with E-state index in [0.29, 0.717) is 5.69 Å². The van der Waals surface area contributed by atoms with Gasteiger partial charge in [0.05, 0.1) is 24.5 Å². The van der Waals surface area contributed by atoms with Crippen molar-refractivity contribution >= 4 is 0 Å². The van der Waals surface area contributed by atoms with Gasteiger partial charge in [-0.3, -0.25) is 24.8 Å². The molecule has 33 heavy (non-hydrogen) atoms. The molecule has 4 heterocycles. The van der Waals surface area contributed by atoms with Gasteiger partial charge in [0.1, 0.15) is 5.69 Å². The molecule has 1 fully saturated rings. The van der Waals surface area contributed by atoms with Crippen LogP contribution in [0.15, 0.2) is 73.2 Å². The molecule has 7 nitrogen and oxygen atoms in total. The van der Waals surface area contributed by atoms with E-state index in [1.165, 1.54) is 0 Å². The summed E-state index contributed by atoms with van der Waals surface area (Å²) in [5, 5.41) is 11.3. The molecular formula is C25H32FeN6O+2. The van der Waals surface area contributed by atoms with Gasteiger partial charge in [-0.1, -0.05) is 18.2 Å². The van der Waals surface area contributed by atoms with Gasteiger partial charge in [0.2, 0.25) is 6.23 Å². The van der Waals surface area contributed by atoms with Crippen molar-refractivity contribution in [3.8, 4) is 0 Å². The first-order chi connectivity index (χ1) is 15.6. The smallest absolute Gasteiger partial charge is 0.424 e. The number of pyridine rings is 3. The fraction of sp³-hybridized carbons (Fsp3) is 0.360. The van der Waals surface area contributed by atoms with Crippen LogP contribution in [0.5, 0.6) is 0 Å². The van der Waals surface area contributed by atoms with Crippen LogP contribution in [0.3, 0.4) is 0 Å². The molecular weight excluding hydrogens is 456 g/mol. The van der Waals surface area contributed by atoms with E-state index in [-0.39, 0.29) is 21.6 Å². The van der Waals surface area contributed by atoms with Crippen LogP contribution in [0.2, 0.25) is 0 Å². The minimum atomic E-state index is -0.775. The Bertz CT molecular complexity index is 893. The molecule has 1 atom stereocenters. The Kier molecular flexibility index (Phi) is 9.50. The van der Waals surface area contributed by atoms with Crippen LogP contribution < -0.4 is 0 Å². The van der Waals surface area contributed by atoms with Crippen molar-refractivity contribution in [3.05, 3.63) is 97.3 Å². The Morgan fingerprint density at radius 3 is 1.67 bits per heavy atom. The summed E-state index contributed by atoms with van der Waals surface area (Å²) in [6.45, 7) is 6.48. The summed E-state index contributed by atoms with van der Waals surface area (Å²) in [5.41, 5.74) is 2.76. The zero-order chi connectivity index (χ0) is 22.2. The predicted octanol–water partition coefficient (Wildman–Crippen LogP) is 2.49.